The Balaban J connectivity index is 1.95. The number of methoxy groups -OCH3 is 1. The molecule has 2 nitrogen and oxygen atoms in total. The van der Waals surface area contributed by atoms with Gasteiger partial charge in [-0.2, -0.15) is 0 Å². The Kier molecular flexibility index (Phi) is 4.37. The Bertz CT molecular complexity index is 481. The molecule has 0 saturated carbocycles. The number of benzene rings is 2. The molecule has 18 heavy (non-hydrogen) atoms. The van der Waals surface area contributed by atoms with Crippen LogP contribution in [0.1, 0.15) is 24.1 Å². The lowest BCUT2D eigenvalue weighted by molar-refractivity contribution is 0.414. The van der Waals surface area contributed by atoms with E-state index in [1.807, 2.05) is 18.2 Å². The van der Waals surface area contributed by atoms with Crippen LogP contribution in [0.25, 0.3) is 0 Å². The van der Waals surface area contributed by atoms with E-state index in [2.05, 4.69) is 48.6 Å². The topological polar surface area (TPSA) is 21.3 Å². The Morgan fingerprint density at radius 2 is 1.83 bits per heavy atom. The smallest absolute Gasteiger partial charge is 0.119 e. The molecule has 2 heteroatoms. The molecule has 0 amide bonds. The lowest BCUT2D eigenvalue weighted by Crippen LogP contribution is -2.17. The summed E-state index contributed by atoms with van der Waals surface area (Å²) >= 11 is 0. The molecule has 1 N–H and O–H groups in total. The van der Waals surface area contributed by atoms with E-state index in [-0.39, 0.29) is 0 Å². The fourth-order valence-corrected chi connectivity index (χ4v) is 1.91. The van der Waals surface area contributed by atoms with Gasteiger partial charge in [-0.05, 0) is 30.2 Å². The van der Waals surface area contributed by atoms with E-state index in [0.29, 0.717) is 6.04 Å². The predicted molar refractivity (Wildman–Crippen MR) is 74.7 cm³/mol. The van der Waals surface area contributed by atoms with Crippen molar-refractivity contribution in [1.29, 1.82) is 0 Å². The summed E-state index contributed by atoms with van der Waals surface area (Å²) in [5, 5.41) is 3.51. The number of ether oxygens (including phenoxy) is 1. The second-order valence-corrected chi connectivity index (χ2v) is 4.36. The minimum Gasteiger partial charge on any atom is -0.497 e. The third-order valence-corrected chi connectivity index (χ3v) is 3.05. The summed E-state index contributed by atoms with van der Waals surface area (Å²) in [6.07, 6.45) is 0. The van der Waals surface area contributed by atoms with Gasteiger partial charge in [-0.25, -0.2) is 0 Å². The summed E-state index contributed by atoms with van der Waals surface area (Å²) in [7, 11) is 1.69. The van der Waals surface area contributed by atoms with Gasteiger partial charge in [-0.3, -0.25) is 0 Å². The highest BCUT2D eigenvalue weighted by Gasteiger charge is 2.04. The highest BCUT2D eigenvalue weighted by atomic mass is 16.5. The minimum absolute atomic E-state index is 0.345. The van der Waals surface area contributed by atoms with E-state index in [4.69, 9.17) is 4.74 Å². The van der Waals surface area contributed by atoms with Crippen LogP contribution < -0.4 is 10.1 Å². The van der Waals surface area contributed by atoms with E-state index >= 15 is 0 Å². The van der Waals surface area contributed by atoms with Gasteiger partial charge in [0.25, 0.3) is 0 Å². The van der Waals surface area contributed by atoms with Gasteiger partial charge in [0.2, 0.25) is 0 Å². The summed E-state index contributed by atoms with van der Waals surface area (Å²) in [6.45, 7) is 3.02. The zero-order chi connectivity index (χ0) is 12.8. The molecule has 0 unspecified atom stereocenters. The first-order valence-electron chi connectivity index (χ1n) is 6.21. The van der Waals surface area contributed by atoms with Crippen molar-refractivity contribution in [3.8, 4) is 5.75 Å². The lowest BCUT2D eigenvalue weighted by atomic mass is 10.1. The number of hydrogen-bond acceptors (Lipinski definition) is 2. The second-order valence-electron chi connectivity index (χ2n) is 4.36. The minimum atomic E-state index is 0.345. The SMILES string of the molecule is COc1cccc(CN[C@H](C)c2ccccc2)c1. The molecule has 0 saturated heterocycles. The molecule has 0 aliphatic carbocycles. The molecule has 94 valence electrons. The van der Waals surface area contributed by atoms with Gasteiger partial charge in [-0.1, -0.05) is 42.5 Å². The van der Waals surface area contributed by atoms with E-state index in [0.717, 1.165) is 12.3 Å². The summed E-state index contributed by atoms with van der Waals surface area (Å²) in [6, 6.07) is 18.9. The van der Waals surface area contributed by atoms with Crippen LogP contribution in [-0.2, 0) is 6.54 Å². The van der Waals surface area contributed by atoms with Crippen molar-refractivity contribution in [1.82, 2.24) is 5.32 Å². The zero-order valence-electron chi connectivity index (χ0n) is 10.9. The van der Waals surface area contributed by atoms with Crippen LogP contribution in [0.15, 0.2) is 54.6 Å². The Morgan fingerprint density at radius 3 is 2.56 bits per heavy atom. The fraction of sp³-hybridized carbons (Fsp3) is 0.250. The largest absolute Gasteiger partial charge is 0.497 e. The lowest BCUT2D eigenvalue weighted by Gasteiger charge is -2.14. The Morgan fingerprint density at radius 1 is 1.06 bits per heavy atom. The molecule has 2 aromatic rings. The summed E-state index contributed by atoms with van der Waals surface area (Å²) in [5.74, 6) is 0.904. The molecular formula is C16H19NO. The molecule has 0 heterocycles. The quantitative estimate of drug-likeness (QED) is 0.864. The van der Waals surface area contributed by atoms with Crippen LogP contribution >= 0.6 is 0 Å². The average Bonchev–Trinajstić information content (AvgIpc) is 2.46. The van der Waals surface area contributed by atoms with E-state index in [1.165, 1.54) is 11.1 Å². The first kappa shape index (κ1) is 12.7. The molecule has 0 fully saturated rings. The standard InChI is InChI=1S/C16H19NO/c1-13(15-8-4-3-5-9-15)17-12-14-7-6-10-16(11-14)18-2/h3-11,13,17H,12H2,1-2H3/t13-/m1/s1. The maximum atomic E-state index is 5.22. The van der Waals surface area contributed by atoms with Crippen molar-refractivity contribution in [2.45, 2.75) is 19.5 Å². The molecule has 0 bridgehead atoms. The average molecular weight is 241 g/mol. The van der Waals surface area contributed by atoms with Crippen LogP contribution in [0.5, 0.6) is 5.75 Å². The van der Waals surface area contributed by atoms with Crippen molar-refractivity contribution >= 4 is 0 Å². The number of nitrogens with one attached hydrogen (secondary N) is 1. The van der Waals surface area contributed by atoms with E-state index in [9.17, 15) is 0 Å². The molecule has 0 aromatic heterocycles. The molecule has 0 spiro atoms. The molecular weight excluding hydrogens is 222 g/mol. The first-order valence-corrected chi connectivity index (χ1v) is 6.21. The first-order chi connectivity index (χ1) is 8.79. The van der Waals surface area contributed by atoms with Crippen LogP contribution in [0.2, 0.25) is 0 Å². The Hall–Kier alpha value is -1.80. The van der Waals surface area contributed by atoms with Crippen LogP contribution in [0.4, 0.5) is 0 Å². The van der Waals surface area contributed by atoms with Gasteiger partial charge in [0.05, 0.1) is 7.11 Å². The third-order valence-electron chi connectivity index (χ3n) is 3.05. The maximum absolute atomic E-state index is 5.22. The van der Waals surface area contributed by atoms with E-state index in [1.54, 1.807) is 7.11 Å². The third kappa shape index (κ3) is 3.34. The van der Waals surface area contributed by atoms with Crippen LogP contribution in [0.3, 0.4) is 0 Å². The normalized spacial score (nSPS) is 12.1. The molecule has 1 atom stereocenters. The van der Waals surface area contributed by atoms with Crippen LogP contribution in [-0.4, -0.2) is 7.11 Å². The molecule has 2 aromatic carbocycles. The Labute approximate surface area is 109 Å². The van der Waals surface area contributed by atoms with Crippen molar-refractivity contribution in [2.75, 3.05) is 7.11 Å². The van der Waals surface area contributed by atoms with E-state index < -0.39 is 0 Å². The fourth-order valence-electron chi connectivity index (χ4n) is 1.91. The summed E-state index contributed by atoms with van der Waals surface area (Å²) in [4.78, 5) is 0. The van der Waals surface area contributed by atoms with Gasteiger partial charge in [0.1, 0.15) is 5.75 Å². The molecule has 0 radical (unpaired) electrons. The van der Waals surface area contributed by atoms with Crippen molar-refractivity contribution in [3.05, 3.63) is 65.7 Å². The van der Waals surface area contributed by atoms with Gasteiger partial charge < -0.3 is 10.1 Å². The highest BCUT2D eigenvalue weighted by Crippen LogP contribution is 2.15. The van der Waals surface area contributed by atoms with Gasteiger partial charge in [-0.15, -0.1) is 0 Å². The summed E-state index contributed by atoms with van der Waals surface area (Å²) < 4.78 is 5.22. The highest BCUT2D eigenvalue weighted by molar-refractivity contribution is 5.28. The van der Waals surface area contributed by atoms with Crippen molar-refractivity contribution in [2.24, 2.45) is 0 Å². The maximum Gasteiger partial charge on any atom is 0.119 e. The second kappa shape index (κ2) is 6.22. The number of hydrogen-bond donors (Lipinski definition) is 1. The van der Waals surface area contributed by atoms with Crippen molar-refractivity contribution < 1.29 is 4.74 Å². The van der Waals surface area contributed by atoms with Crippen LogP contribution in [0, 0.1) is 0 Å². The van der Waals surface area contributed by atoms with Gasteiger partial charge >= 0.3 is 0 Å². The molecule has 2 rings (SSSR count). The van der Waals surface area contributed by atoms with Crippen molar-refractivity contribution in [3.63, 3.8) is 0 Å². The monoisotopic (exact) mass is 241 g/mol. The summed E-state index contributed by atoms with van der Waals surface area (Å²) in [5.41, 5.74) is 2.54. The van der Waals surface area contributed by atoms with Gasteiger partial charge in [0.15, 0.2) is 0 Å². The molecule has 0 aliphatic heterocycles. The zero-order valence-corrected chi connectivity index (χ0v) is 10.9. The predicted octanol–water partition coefficient (Wildman–Crippen LogP) is 3.55. The van der Waals surface area contributed by atoms with Gasteiger partial charge in [0, 0.05) is 12.6 Å². The number of rotatable bonds is 5. The molecule has 0 aliphatic rings.